The van der Waals surface area contributed by atoms with Gasteiger partial charge in [-0.15, -0.1) is 0 Å². The first-order valence-corrected chi connectivity index (χ1v) is 20.3. The fourth-order valence-electron chi connectivity index (χ4n) is 10.00. The van der Waals surface area contributed by atoms with E-state index in [1.54, 1.807) is 0 Å². The molecule has 0 saturated heterocycles. The van der Waals surface area contributed by atoms with E-state index in [2.05, 4.69) is 24.3 Å². The van der Waals surface area contributed by atoms with Crippen molar-refractivity contribution in [2.24, 2.45) is 17.3 Å². The number of para-hydroxylation sites is 2. The van der Waals surface area contributed by atoms with Gasteiger partial charge in [-0.2, -0.15) is 0 Å². The van der Waals surface area contributed by atoms with Crippen LogP contribution in [0.25, 0.3) is 0 Å². The molecule has 0 N–H and O–H groups in total. The number of carbonyl (C=O) groups excluding carboxylic acids is 2. The first kappa shape index (κ1) is 35.2. The van der Waals surface area contributed by atoms with Gasteiger partial charge in [-0.05, 0) is 105 Å². The molecule has 0 bridgehead atoms. The lowest BCUT2D eigenvalue weighted by atomic mass is 9.61. The molecule has 5 aliphatic carbocycles. The van der Waals surface area contributed by atoms with E-state index in [1.807, 2.05) is 24.3 Å². The minimum absolute atomic E-state index is 0.00189. The van der Waals surface area contributed by atoms with Gasteiger partial charge in [0, 0.05) is 0 Å². The lowest BCUT2D eigenvalue weighted by Gasteiger charge is -2.43. The highest BCUT2D eigenvalue weighted by Gasteiger charge is 2.47. The number of benzene rings is 2. The number of ether oxygens (including phenoxy) is 2. The molecule has 0 amide bonds. The van der Waals surface area contributed by atoms with Crippen molar-refractivity contribution in [3.05, 3.63) is 59.7 Å². The Labute approximate surface area is 291 Å². The topological polar surface area (TPSA) is 52.6 Å². The van der Waals surface area contributed by atoms with E-state index in [0.29, 0.717) is 17.8 Å². The third kappa shape index (κ3) is 8.94. The zero-order chi connectivity index (χ0) is 33.0. The summed E-state index contributed by atoms with van der Waals surface area (Å²) in [6, 6.07) is 16.6. The lowest BCUT2D eigenvalue weighted by Crippen LogP contribution is -2.44. The van der Waals surface area contributed by atoms with Crippen molar-refractivity contribution in [1.82, 2.24) is 0 Å². The van der Waals surface area contributed by atoms with Crippen LogP contribution < -0.4 is 9.47 Å². The standard InChI is InChI=1S/C25H36O2.C19H26O2/c26-24(25(18-10-3-11-19-25)21-14-6-2-7-15-21)27-23-17-9-8-16-22(23)20-12-4-1-5-13-20;20-19(16-11-5-2-6-12-16)21-18-14-8-7-13-17(18)15-9-3-1-4-10-15/h8-9,16-17,20-21H,1-7,10-15,18-19H2;7-8,13-16H,1-6,9-12H2. The first-order valence-electron chi connectivity index (χ1n) is 20.3. The maximum absolute atomic E-state index is 13.6. The second-order valence-corrected chi connectivity index (χ2v) is 15.9. The van der Waals surface area contributed by atoms with Gasteiger partial charge in [-0.25, -0.2) is 0 Å². The molecule has 4 nitrogen and oxygen atoms in total. The fraction of sp³-hybridized carbons (Fsp3) is 0.682. The van der Waals surface area contributed by atoms with Crippen LogP contribution in [-0.4, -0.2) is 11.9 Å². The first-order chi connectivity index (χ1) is 23.6. The van der Waals surface area contributed by atoms with Crippen LogP contribution in [-0.2, 0) is 9.59 Å². The molecule has 5 aliphatic rings. The van der Waals surface area contributed by atoms with Crippen LogP contribution in [0.1, 0.15) is 183 Å². The van der Waals surface area contributed by atoms with Crippen LogP contribution in [0.2, 0.25) is 0 Å². The summed E-state index contributed by atoms with van der Waals surface area (Å²) in [5.41, 5.74) is 2.32. The number of rotatable bonds is 7. The summed E-state index contributed by atoms with van der Waals surface area (Å²) < 4.78 is 12.1. The number of hydrogen-bond acceptors (Lipinski definition) is 4. The fourth-order valence-corrected chi connectivity index (χ4v) is 10.00. The molecule has 0 atom stereocenters. The second kappa shape index (κ2) is 17.9. The largest absolute Gasteiger partial charge is 0.426 e. The van der Waals surface area contributed by atoms with E-state index >= 15 is 0 Å². The maximum atomic E-state index is 13.6. The molecule has 4 heteroatoms. The summed E-state index contributed by atoms with van der Waals surface area (Å²) in [5, 5.41) is 0. The van der Waals surface area contributed by atoms with Crippen molar-refractivity contribution in [3.8, 4) is 11.5 Å². The van der Waals surface area contributed by atoms with Gasteiger partial charge < -0.3 is 9.47 Å². The van der Waals surface area contributed by atoms with Gasteiger partial charge in [0.1, 0.15) is 11.5 Å². The van der Waals surface area contributed by atoms with Crippen LogP contribution in [0, 0.1) is 17.3 Å². The third-order valence-electron chi connectivity index (χ3n) is 12.8. The van der Waals surface area contributed by atoms with E-state index in [4.69, 9.17) is 9.47 Å². The molecule has 2 aromatic rings. The Morgan fingerprint density at radius 3 is 1.42 bits per heavy atom. The average molecular weight is 655 g/mol. The van der Waals surface area contributed by atoms with Gasteiger partial charge in [0.2, 0.25) is 0 Å². The molecule has 0 radical (unpaired) electrons. The highest BCUT2D eigenvalue weighted by molar-refractivity contribution is 5.80. The Morgan fingerprint density at radius 2 is 0.896 bits per heavy atom. The third-order valence-corrected chi connectivity index (χ3v) is 12.8. The highest BCUT2D eigenvalue weighted by atomic mass is 16.5. The van der Waals surface area contributed by atoms with Crippen molar-refractivity contribution in [3.63, 3.8) is 0 Å². The van der Waals surface area contributed by atoms with Crippen molar-refractivity contribution < 1.29 is 19.1 Å². The van der Waals surface area contributed by atoms with Gasteiger partial charge in [-0.3, -0.25) is 9.59 Å². The quantitative estimate of drug-likeness (QED) is 0.220. The molecule has 5 saturated carbocycles. The minimum atomic E-state index is -0.210. The predicted molar refractivity (Wildman–Crippen MR) is 194 cm³/mol. The monoisotopic (exact) mass is 654 g/mol. The van der Waals surface area contributed by atoms with Crippen molar-refractivity contribution in [2.75, 3.05) is 0 Å². The molecule has 0 heterocycles. The Bertz CT molecular complexity index is 1280. The average Bonchev–Trinajstić information content (AvgIpc) is 3.17. The van der Waals surface area contributed by atoms with Gasteiger partial charge in [0.05, 0.1) is 11.3 Å². The van der Waals surface area contributed by atoms with Crippen LogP contribution in [0.15, 0.2) is 48.5 Å². The SMILES string of the molecule is O=C(Oc1ccccc1C1CCCCC1)C1(C2CCCCC2)CCCCC1.O=C(Oc1ccccc1C1CCCCC1)C1CCCCC1. The summed E-state index contributed by atoms with van der Waals surface area (Å²) in [7, 11) is 0. The van der Waals surface area contributed by atoms with Crippen LogP contribution in [0.3, 0.4) is 0 Å². The summed E-state index contributed by atoms with van der Waals surface area (Å²) in [6.07, 6.45) is 30.6. The van der Waals surface area contributed by atoms with Crippen LogP contribution in [0.5, 0.6) is 11.5 Å². The van der Waals surface area contributed by atoms with E-state index in [1.165, 1.54) is 146 Å². The van der Waals surface area contributed by atoms with Crippen LogP contribution in [0.4, 0.5) is 0 Å². The molecule has 5 fully saturated rings. The van der Waals surface area contributed by atoms with Gasteiger partial charge >= 0.3 is 11.9 Å². The van der Waals surface area contributed by atoms with E-state index < -0.39 is 0 Å². The molecule has 0 aliphatic heterocycles. The lowest BCUT2D eigenvalue weighted by molar-refractivity contribution is -0.153. The number of esters is 2. The molecular weight excluding hydrogens is 592 g/mol. The Hall–Kier alpha value is -2.62. The van der Waals surface area contributed by atoms with Crippen molar-refractivity contribution in [2.45, 2.75) is 172 Å². The van der Waals surface area contributed by atoms with Gasteiger partial charge in [0.25, 0.3) is 0 Å². The zero-order valence-electron chi connectivity index (χ0n) is 29.7. The Kier molecular flexibility index (Phi) is 13.1. The second-order valence-electron chi connectivity index (χ2n) is 15.9. The van der Waals surface area contributed by atoms with Crippen molar-refractivity contribution >= 4 is 11.9 Å². The molecule has 0 unspecified atom stereocenters. The summed E-state index contributed by atoms with van der Waals surface area (Å²) in [4.78, 5) is 26.0. The molecule has 7 rings (SSSR count). The Morgan fingerprint density at radius 1 is 0.479 bits per heavy atom. The molecule has 0 spiro atoms. The van der Waals surface area contributed by atoms with E-state index in [9.17, 15) is 9.59 Å². The van der Waals surface area contributed by atoms with Crippen LogP contribution >= 0.6 is 0 Å². The predicted octanol–water partition coefficient (Wildman–Crippen LogP) is 12.4. The maximum Gasteiger partial charge on any atom is 0.317 e. The molecule has 2 aromatic carbocycles. The number of carbonyl (C=O) groups is 2. The van der Waals surface area contributed by atoms with E-state index in [-0.39, 0.29) is 23.3 Å². The molecule has 48 heavy (non-hydrogen) atoms. The Balaban J connectivity index is 0.000000173. The minimum Gasteiger partial charge on any atom is -0.426 e. The van der Waals surface area contributed by atoms with E-state index in [0.717, 1.165) is 37.2 Å². The summed E-state index contributed by atoms with van der Waals surface area (Å²) in [5.74, 6) is 3.58. The summed E-state index contributed by atoms with van der Waals surface area (Å²) in [6.45, 7) is 0. The molecular formula is C44H62O4. The van der Waals surface area contributed by atoms with Crippen molar-refractivity contribution in [1.29, 1.82) is 0 Å². The zero-order valence-corrected chi connectivity index (χ0v) is 29.7. The van der Waals surface area contributed by atoms with Gasteiger partial charge in [-0.1, -0.05) is 133 Å². The smallest absolute Gasteiger partial charge is 0.317 e. The highest BCUT2D eigenvalue weighted by Crippen LogP contribution is 2.50. The summed E-state index contributed by atoms with van der Waals surface area (Å²) >= 11 is 0. The normalized spacial score (nSPS) is 23.0. The number of hydrogen-bond donors (Lipinski definition) is 0. The molecule has 0 aromatic heterocycles. The molecule has 262 valence electrons. The van der Waals surface area contributed by atoms with Gasteiger partial charge in [0.15, 0.2) is 0 Å².